The lowest BCUT2D eigenvalue weighted by atomic mass is 9.92. The van der Waals surface area contributed by atoms with Crippen LogP contribution in [0.4, 0.5) is 0 Å². The summed E-state index contributed by atoms with van der Waals surface area (Å²) in [6, 6.07) is 6.19. The van der Waals surface area contributed by atoms with E-state index < -0.39 is 60.0 Å². The smallest absolute Gasteiger partial charge is 0.328 e. The van der Waals surface area contributed by atoms with Gasteiger partial charge < -0.3 is 35.1 Å². The Bertz CT molecular complexity index is 1580. The van der Waals surface area contributed by atoms with Gasteiger partial charge in [-0.2, -0.15) is 0 Å². The lowest BCUT2D eigenvalue weighted by molar-refractivity contribution is -0.160. The van der Waals surface area contributed by atoms with Gasteiger partial charge in [0.2, 0.25) is 11.8 Å². The van der Waals surface area contributed by atoms with Gasteiger partial charge in [0.05, 0.1) is 13.2 Å². The summed E-state index contributed by atoms with van der Waals surface area (Å²) in [4.78, 5) is 85.5. The molecule has 2 aromatic rings. The molecule has 0 radical (unpaired) electrons. The lowest BCUT2D eigenvalue weighted by Crippen LogP contribution is -2.59. The molecule has 0 unspecified atom stereocenters. The highest BCUT2D eigenvalue weighted by molar-refractivity contribution is 7.09. The Labute approximate surface area is 328 Å². The molecule has 1 saturated heterocycles. The molecule has 1 aliphatic heterocycles. The van der Waals surface area contributed by atoms with E-state index >= 15 is 0 Å². The van der Waals surface area contributed by atoms with Crippen molar-refractivity contribution in [2.45, 2.75) is 124 Å². The highest BCUT2D eigenvalue weighted by Gasteiger charge is 2.39. The second-order valence-corrected chi connectivity index (χ2v) is 15.8. The number of carbonyl (C=O) groups excluding carboxylic acids is 6. The third kappa shape index (κ3) is 14.0. The van der Waals surface area contributed by atoms with Crippen LogP contribution in [0.25, 0.3) is 0 Å². The van der Waals surface area contributed by atoms with Crippen molar-refractivity contribution in [3.8, 4) is 0 Å². The summed E-state index contributed by atoms with van der Waals surface area (Å²) in [5.74, 6) is -3.50. The van der Waals surface area contributed by atoms with E-state index in [0.29, 0.717) is 24.4 Å². The van der Waals surface area contributed by atoms with E-state index in [1.54, 1.807) is 0 Å². The van der Waals surface area contributed by atoms with Gasteiger partial charge in [0.1, 0.15) is 22.8 Å². The van der Waals surface area contributed by atoms with Gasteiger partial charge in [-0.15, -0.1) is 11.3 Å². The van der Waals surface area contributed by atoms with Gasteiger partial charge in [-0.3, -0.25) is 24.0 Å². The Hall–Kier alpha value is -4.37. The van der Waals surface area contributed by atoms with Crippen molar-refractivity contribution in [1.82, 2.24) is 25.8 Å². The SMILES string of the molecule is CC[C@H](C)[C@H](NC(=O)[C@H]1CCCCN1)C(=O)N(COC(=O)CC(C)C)[C@H](C[C@@H](OC(C)=O)c1nc(C(=O)N[C@@H](Cc2ccccc2)C(=O)OC)cs1)C(C)C. The Morgan fingerprint density at radius 1 is 1.02 bits per heavy atom. The summed E-state index contributed by atoms with van der Waals surface area (Å²) in [6.45, 7) is 13.0. The molecule has 304 valence electrons. The van der Waals surface area contributed by atoms with Gasteiger partial charge in [0.15, 0.2) is 12.8 Å². The van der Waals surface area contributed by atoms with E-state index in [9.17, 15) is 28.8 Å². The molecule has 1 aromatic carbocycles. The fourth-order valence-electron chi connectivity index (χ4n) is 6.38. The van der Waals surface area contributed by atoms with Crippen molar-refractivity contribution < 1.29 is 43.0 Å². The van der Waals surface area contributed by atoms with Crippen molar-refractivity contribution in [2.75, 3.05) is 20.4 Å². The molecular weight excluding hydrogens is 727 g/mol. The van der Waals surface area contributed by atoms with E-state index in [1.807, 2.05) is 71.9 Å². The third-order valence-corrected chi connectivity index (χ3v) is 10.6. The molecule has 0 aliphatic carbocycles. The second kappa shape index (κ2) is 22.2. The minimum atomic E-state index is -0.998. The summed E-state index contributed by atoms with van der Waals surface area (Å²) >= 11 is 1.09. The minimum Gasteiger partial charge on any atom is -0.467 e. The van der Waals surface area contributed by atoms with E-state index in [4.69, 9.17) is 14.2 Å². The Balaban J connectivity index is 1.94. The maximum Gasteiger partial charge on any atom is 0.328 e. The van der Waals surface area contributed by atoms with Gasteiger partial charge in [0.25, 0.3) is 5.91 Å². The largest absolute Gasteiger partial charge is 0.467 e. The van der Waals surface area contributed by atoms with Crippen molar-refractivity contribution >= 4 is 47.0 Å². The molecule has 3 N–H and O–H groups in total. The van der Waals surface area contributed by atoms with E-state index in [-0.39, 0.29) is 55.3 Å². The first-order valence-corrected chi connectivity index (χ1v) is 20.1. The summed E-state index contributed by atoms with van der Waals surface area (Å²) in [6.07, 6.45) is 2.51. The molecule has 3 rings (SSSR count). The van der Waals surface area contributed by atoms with Crippen LogP contribution in [0.1, 0.15) is 114 Å². The molecule has 15 heteroatoms. The molecule has 55 heavy (non-hydrogen) atoms. The van der Waals surface area contributed by atoms with Crippen LogP contribution in [0.2, 0.25) is 0 Å². The predicted molar refractivity (Wildman–Crippen MR) is 208 cm³/mol. The molecule has 6 atom stereocenters. The third-order valence-electron chi connectivity index (χ3n) is 9.66. The molecule has 14 nitrogen and oxygen atoms in total. The molecule has 1 fully saturated rings. The van der Waals surface area contributed by atoms with Crippen LogP contribution in [-0.2, 0) is 44.6 Å². The summed E-state index contributed by atoms with van der Waals surface area (Å²) < 4.78 is 16.4. The maximum atomic E-state index is 14.7. The Morgan fingerprint density at radius 3 is 2.31 bits per heavy atom. The molecule has 3 amide bonds. The average molecular weight is 786 g/mol. The summed E-state index contributed by atoms with van der Waals surface area (Å²) in [5, 5.41) is 10.7. The van der Waals surface area contributed by atoms with Crippen LogP contribution in [0.5, 0.6) is 0 Å². The summed E-state index contributed by atoms with van der Waals surface area (Å²) in [7, 11) is 1.24. The zero-order valence-electron chi connectivity index (χ0n) is 33.4. The average Bonchev–Trinajstić information content (AvgIpc) is 3.66. The molecule has 1 aromatic heterocycles. The fraction of sp³-hybridized carbons (Fsp3) is 0.625. The number of thiazole rings is 1. The first-order chi connectivity index (χ1) is 26.1. The van der Waals surface area contributed by atoms with Crippen LogP contribution in [0, 0.1) is 17.8 Å². The highest BCUT2D eigenvalue weighted by atomic mass is 32.1. The molecule has 0 saturated carbocycles. The molecule has 2 heterocycles. The minimum absolute atomic E-state index is 0.00614. The number of hydrogen-bond donors (Lipinski definition) is 3. The lowest BCUT2D eigenvalue weighted by Gasteiger charge is -2.39. The first-order valence-electron chi connectivity index (χ1n) is 19.2. The predicted octanol–water partition coefficient (Wildman–Crippen LogP) is 4.72. The molecule has 0 bridgehead atoms. The van der Waals surface area contributed by atoms with Crippen molar-refractivity contribution in [1.29, 1.82) is 0 Å². The van der Waals surface area contributed by atoms with Gasteiger partial charge >= 0.3 is 17.9 Å². The summed E-state index contributed by atoms with van der Waals surface area (Å²) in [5.41, 5.74) is 0.827. The molecular formula is C40H59N5O9S. The quantitative estimate of drug-likeness (QED) is 0.0960. The van der Waals surface area contributed by atoms with Crippen LogP contribution >= 0.6 is 11.3 Å². The normalized spacial score (nSPS) is 16.9. The number of piperidine rings is 1. The van der Waals surface area contributed by atoms with E-state index in [1.165, 1.54) is 24.3 Å². The standard InChI is InChI=1S/C40H59N5O9S/c1-9-26(6)35(44-36(48)29-17-13-14-18-41-29)39(50)45(23-53-34(47)19-24(2)3)32(25(4)5)21-33(54-27(7)46)38-43-31(22-55-38)37(49)42-30(40(51)52-8)20-28-15-11-10-12-16-28/h10-12,15-16,22,24-26,29-30,32-33,35,41H,9,13-14,17-21,23H2,1-8H3,(H,42,49)(H,44,48)/t26-,29+,30-,32+,33+,35-/m0/s1. The van der Waals surface area contributed by atoms with Crippen molar-refractivity contribution in [3.05, 3.63) is 52.0 Å². The number of amides is 3. The number of carbonyl (C=O) groups is 6. The number of benzene rings is 1. The second-order valence-electron chi connectivity index (χ2n) is 14.9. The maximum absolute atomic E-state index is 14.7. The number of aromatic nitrogens is 1. The number of ether oxygens (including phenoxy) is 3. The zero-order chi connectivity index (χ0) is 40.7. The monoisotopic (exact) mass is 785 g/mol. The number of nitrogens with zero attached hydrogens (tertiary/aromatic N) is 2. The zero-order valence-corrected chi connectivity index (χ0v) is 34.2. The van der Waals surface area contributed by atoms with Crippen molar-refractivity contribution in [3.63, 3.8) is 0 Å². The van der Waals surface area contributed by atoms with Crippen LogP contribution in [0.15, 0.2) is 35.7 Å². The van der Waals surface area contributed by atoms with Gasteiger partial charge in [0, 0.05) is 37.6 Å². The number of esters is 3. The molecule has 1 aliphatic rings. The number of hydrogen-bond acceptors (Lipinski definition) is 12. The van der Waals surface area contributed by atoms with Crippen LogP contribution in [-0.4, -0.2) is 90.1 Å². The topological polar surface area (TPSA) is 182 Å². The van der Waals surface area contributed by atoms with Gasteiger partial charge in [-0.1, -0.05) is 84.7 Å². The first kappa shape index (κ1) is 45.0. The van der Waals surface area contributed by atoms with Crippen molar-refractivity contribution in [2.24, 2.45) is 17.8 Å². The number of rotatable bonds is 20. The van der Waals surface area contributed by atoms with Gasteiger partial charge in [-0.25, -0.2) is 9.78 Å². The number of nitrogens with one attached hydrogen (secondary N) is 3. The number of methoxy groups -OCH3 is 1. The van der Waals surface area contributed by atoms with Gasteiger partial charge in [-0.05, 0) is 42.7 Å². The Morgan fingerprint density at radius 2 is 1.73 bits per heavy atom. The van der Waals surface area contributed by atoms with E-state index in [2.05, 4.69) is 20.9 Å². The highest BCUT2D eigenvalue weighted by Crippen LogP contribution is 2.32. The fourth-order valence-corrected chi connectivity index (χ4v) is 7.22. The van der Waals surface area contributed by atoms with Crippen LogP contribution in [0.3, 0.4) is 0 Å². The molecule has 0 spiro atoms. The van der Waals surface area contributed by atoms with E-state index in [0.717, 1.165) is 29.7 Å². The van der Waals surface area contributed by atoms with Crippen LogP contribution < -0.4 is 16.0 Å². The Kier molecular flexibility index (Phi) is 18.2.